The summed E-state index contributed by atoms with van der Waals surface area (Å²) in [7, 11) is 0. The fourth-order valence-electron chi connectivity index (χ4n) is 1.94. The molecule has 0 saturated carbocycles. The minimum Gasteiger partial charge on any atom is -0.336 e. The van der Waals surface area contributed by atoms with E-state index < -0.39 is 0 Å². The Morgan fingerprint density at radius 1 is 1.44 bits per heavy atom. The van der Waals surface area contributed by atoms with Gasteiger partial charge < -0.3 is 4.90 Å². The van der Waals surface area contributed by atoms with Crippen molar-refractivity contribution in [2.75, 3.05) is 13.1 Å². The van der Waals surface area contributed by atoms with Crippen LogP contribution in [-0.4, -0.2) is 34.4 Å². The van der Waals surface area contributed by atoms with Gasteiger partial charge in [-0.3, -0.25) is 4.79 Å². The van der Waals surface area contributed by atoms with Gasteiger partial charge in [-0.1, -0.05) is 13.8 Å². The van der Waals surface area contributed by atoms with E-state index in [0.29, 0.717) is 10.5 Å². The average Bonchev–Trinajstić information content (AvgIpc) is 2.62. The van der Waals surface area contributed by atoms with E-state index in [9.17, 15) is 4.79 Å². The van der Waals surface area contributed by atoms with Gasteiger partial charge in [0.2, 0.25) is 0 Å². The Morgan fingerprint density at radius 2 is 2.06 bits per heavy atom. The van der Waals surface area contributed by atoms with Crippen molar-refractivity contribution < 1.29 is 4.79 Å². The number of rotatable bonds is 1. The van der Waals surface area contributed by atoms with E-state index in [1.807, 2.05) is 28.1 Å². The smallest absolute Gasteiger partial charge is 0.264 e. The van der Waals surface area contributed by atoms with Gasteiger partial charge in [0.1, 0.15) is 0 Å². The second-order valence-corrected chi connectivity index (χ2v) is 7.45. The maximum Gasteiger partial charge on any atom is 0.264 e. The van der Waals surface area contributed by atoms with Crippen molar-refractivity contribution in [3.8, 4) is 0 Å². The number of carbonyl (C=O) groups is 1. The standard InChI is InChI=1S/C11H15NOS3/c1-7-4-12(5-8(2)16-7)11(13)10-3-9(14)6-15-10/h3,6-8,14H,4-5H2,1-2H3. The van der Waals surface area contributed by atoms with Crippen LogP contribution in [0.5, 0.6) is 0 Å². The predicted molar refractivity (Wildman–Crippen MR) is 74.0 cm³/mol. The highest BCUT2D eigenvalue weighted by atomic mass is 32.2. The van der Waals surface area contributed by atoms with E-state index in [1.165, 1.54) is 11.3 Å². The summed E-state index contributed by atoms with van der Waals surface area (Å²) in [5.41, 5.74) is 0. The summed E-state index contributed by atoms with van der Waals surface area (Å²) in [5.74, 6) is 0.157. The van der Waals surface area contributed by atoms with Crippen molar-refractivity contribution in [1.29, 1.82) is 0 Å². The molecule has 0 bridgehead atoms. The minimum atomic E-state index is 0.157. The van der Waals surface area contributed by atoms with Crippen molar-refractivity contribution in [3.05, 3.63) is 16.3 Å². The summed E-state index contributed by atoms with van der Waals surface area (Å²) in [6.07, 6.45) is 0. The molecule has 2 rings (SSSR count). The lowest BCUT2D eigenvalue weighted by Crippen LogP contribution is -2.43. The average molecular weight is 273 g/mol. The highest BCUT2D eigenvalue weighted by molar-refractivity contribution is 8.00. The number of hydrogen-bond acceptors (Lipinski definition) is 4. The van der Waals surface area contributed by atoms with E-state index in [1.54, 1.807) is 0 Å². The number of nitrogens with zero attached hydrogens (tertiary/aromatic N) is 1. The Bertz CT molecular complexity index is 380. The zero-order valence-corrected chi connectivity index (χ0v) is 11.9. The van der Waals surface area contributed by atoms with Crippen LogP contribution in [0.4, 0.5) is 0 Å². The first-order valence-corrected chi connectivity index (χ1v) is 7.55. The molecule has 1 aliphatic heterocycles. The van der Waals surface area contributed by atoms with Crippen LogP contribution in [0.1, 0.15) is 23.5 Å². The Kier molecular flexibility index (Phi) is 3.87. The molecule has 2 atom stereocenters. The third-order valence-corrected chi connectivity index (χ3v) is 5.08. The number of thiophene rings is 1. The Morgan fingerprint density at radius 3 is 2.56 bits per heavy atom. The first-order chi connectivity index (χ1) is 7.56. The van der Waals surface area contributed by atoms with Crippen molar-refractivity contribution in [2.24, 2.45) is 0 Å². The molecule has 1 amide bonds. The van der Waals surface area contributed by atoms with Crippen LogP contribution >= 0.6 is 35.7 Å². The fourth-order valence-corrected chi connectivity index (χ4v) is 4.38. The minimum absolute atomic E-state index is 0.157. The second-order valence-electron chi connectivity index (χ2n) is 4.14. The summed E-state index contributed by atoms with van der Waals surface area (Å²) >= 11 is 7.67. The van der Waals surface area contributed by atoms with E-state index in [0.717, 1.165) is 22.9 Å². The van der Waals surface area contributed by atoms with Gasteiger partial charge in [-0.2, -0.15) is 11.8 Å². The zero-order chi connectivity index (χ0) is 11.7. The van der Waals surface area contributed by atoms with Crippen LogP contribution in [0.15, 0.2) is 16.3 Å². The fraction of sp³-hybridized carbons (Fsp3) is 0.545. The third kappa shape index (κ3) is 2.76. The van der Waals surface area contributed by atoms with Crippen LogP contribution in [0.3, 0.4) is 0 Å². The molecule has 2 heterocycles. The molecule has 0 N–H and O–H groups in total. The Balaban J connectivity index is 2.09. The van der Waals surface area contributed by atoms with Crippen molar-refractivity contribution in [3.63, 3.8) is 0 Å². The summed E-state index contributed by atoms with van der Waals surface area (Å²) in [4.78, 5) is 15.8. The van der Waals surface area contributed by atoms with Crippen LogP contribution in [-0.2, 0) is 0 Å². The lowest BCUT2D eigenvalue weighted by molar-refractivity contribution is 0.0758. The Hall–Kier alpha value is -0.130. The lowest BCUT2D eigenvalue weighted by atomic mass is 10.3. The molecular formula is C11H15NOS3. The molecule has 5 heteroatoms. The molecule has 1 aliphatic rings. The molecule has 88 valence electrons. The maximum atomic E-state index is 12.2. The topological polar surface area (TPSA) is 20.3 Å². The van der Waals surface area contributed by atoms with Gasteiger partial charge in [-0.15, -0.1) is 24.0 Å². The maximum absolute atomic E-state index is 12.2. The number of hydrogen-bond donors (Lipinski definition) is 1. The summed E-state index contributed by atoms with van der Waals surface area (Å²) in [6, 6.07) is 1.85. The SMILES string of the molecule is CC1CN(C(=O)c2cc(S)cs2)CC(C)S1. The zero-order valence-electron chi connectivity index (χ0n) is 9.34. The number of thioether (sulfide) groups is 1. The van der Waals surface area contributed by atoms with Crippen LogP contribution in [0.25, 0.3) is 0 Å². The van der Waals surface area contributed by atoms with Crippen LogP contribution in [0, 0.1) is 0 Å². The number of amides is 1. The molecule has 2 nitrogen and oxygen atoms in total. The molecule has 2 unspecified atom stereocenters. The lowest BCUT2D eigenvalue weighted by Gasteiger charge is -2.34. The molecule has 1 saturated heterocycles. The van der Waals surface area contributed by atoms with Crippen molar-refractivity contribution >= 4 is 41.6 Å². The van der Waals surface area contributed by atoms with Crippen LogP contribution in [0.2, 0.25) is 0 Å². The monoisotopic (exact) mass is 273 g/mol. The van der Waals surface area contributed by atoms with E-state index in [-0.39, 0.29) is 5.91 Å². The number of thiol groups is 1. The molecule has 1 aromatic heterocycles. The van der Waals surface area contributed by atoms with Gasteiger partial charge in [0, 0.05) is 33.9 Å². The van der Waals surface area contributed by atoms with E-state index >= 15 is 0 Å². The first kappa shape index (κ1) is 12.3. The van der Waals surface area contributed by atoms with Gasteiger partial charge >= 0.3 is 0 Å². The Labute approximate surface area is 110 Å². The molecule has 0 spiro atoms. The molecule has 1 aromatic rings. The van der Waals surface area contributed by atoms with Crippen molar-refractivity contribution in [1.82, 2.24) is 4.90 Å². The molecular weight excluding hydrogens is 258 g/mol. The van der Waals surface area contributed by atoms with Gasteiger partial charge in [0.05, 0.1) is 4.88 Å². The van der Waals surface area contributed by atoms with Gasteiger partial charge in [-0.25, -0.2) is 0 Å². The quantitative estimate of drug-likeness (QED) is 0.794. The highest BCUT2D eigenvalue weighted by Crippen LogP contribution is 2.27. The molecule has 0 aliphatic carbocycles. The van der Waals surface area contributed by atoms with Crippen LogP contribution < -0.4 is 0 Å². The molecule has 1 fully saturated rings. The van der Waals surface area contributed by atoms with Gasteiger partial charge in [0.25, 0.3) is 5.91 Å². The highest BCUT2D eigenvalue weighted by Gasteiger charge is 2.27. The first-order valence-electron chi connectivity index (χ1n) is 5.28. The van der Waals surface area contributed by atoms with E-state index in [4.69, 9.17) is 0 Å². The summed E-state index contributed by atoms with van der Waals surface area (Å²) in [5, 5.41) is 2.97. The normalized spacial score (nSPS) is 25.8. The third-order valence-electron chi connectivity index (χ3n) is 2.50. The largest absolute Gasteiger partial charge is 0.336 e. The van der Waals surface area contributed by atoms with E-state index in [2.05, 4.69) is 26.5 Å². The molecule has 0 radical (unpaired) electrons. The van der Waals surface area contributed by atoms with Gasteiger partial charge in [-0.05, 0) is 6.07 Å². The van der Waals surface area contributed by atoms with Crippen molar-refractivity contribution in [2.45, 2.75) is 29.2 Å². The summed E-state index contributed by atoms with van der Waals surface area (Å²) in [6.45, 7) is 6.07. The molecule has 16 heavy (non-hydrogen) atoms. The second kappa shape index (κ2) is 5.02. The number of carbonyl (C=O) groups excluding carboxylic acids is 1. The summed E-state index contributed by atoms with van der Waals surface area (Å²) < 4.78 is 0. The predicted octanol–water partition coefficient (Wildman–Crippen LogP) is 3.00. The molecule has 0 aromatic carbocycles. The van der Waals surface area contributed by atoms with Gasteiger partial charge in [0.15, 0.2) is 0 Å².